The lowest BCUT2D eigenvalue weighted by atomic mass is 9.80. The quantitative estimate of drug-likeness (QED) is 0.0225. The topological polar surface area (TPSA) is 406 Å². The van der Waals surface area contributed by atoms with Gasteiger partial charge in [-0.25, -0.2) is 14.4 Å². The van der Waals surface area contributed by atoms with Gasteiger partial charge < -0.3 is 103 Å². The van der Waals surface area contributed by atoms with Gasteiger partial charge in [0.15, 0.2) is 22.3 Å². The van der Waals surface area contributed by atoms with Gasteiger partial charge >= 0.3 is 25.3 Å². The number of hydrogen-bond donors (Lipinski definition) is 7. The maximum absolute atomic E-state index is 12.7. The number of hydrogen-bond acceptors (Lipinski definition) is 23. The lowest BCUT2D eigenvalue weighted by Gasteiger charge is -2.26. The van der Waals surface area contributed by atoms with E-state index in [1.807, 2.05) is 182 Å². The first-order chi connectivity index (χ1) is 70.0. The van der Waals surface area contributed by atoms with Gasteiger partial charge in [-0.2, -0.15) is 0 Å². The molecule has 18 rings (SSSR count). The van der Waals surface area contributed by atoms with Crippen molar-refractivity contribution in [1.29, 1.82) is 0 Å². The lowest BCUT2D eigenvalue weighted by molar-refractivity contribution is -0.131. The van der Waals surface area contributed by atoms with Crippen molar-refractivity contribution in [2.45, 2.75) is 101 Å². The number of carboxylic acids is 1. The zero-order valence-electron chi connectivity index (χ0n) is 81.0. The zero-order valence-corrected chi connectivity index (χ0v) is 88.0. The molecule has 40 heteroatoms. The summed E-state index contributed by atoms with van der Waals surface area (Å²) in [6.45, 7) is 21.4. The molecule has 796 valence electrons. The number of nitrogens with zero attached hydrogens (tertiary/aromatic N) is 6. The van der Waals surface area contributed by atoms with Crippen LogP contribution in [-0.2, 0) is 64.2 Å². The van der Waals surface area contributed by atoms with Gasteiger partial charge in [0.25, 0.3) is 23.6 Å². The molecule has 0 unspecified atom stereocenters. The number of carbonyl (C=O) groups excluding carboxylic acids is 7. The average molecular weight is 2260 g/mol. The SMILES string of the molecule is C.C.C.CC(C)(C)OC(=O)NCc1cc2cc(-c3ccc(C(=O)N4CCOCC4)cc3)cc(Cl)c2o1.CC(C)(C)OC(=O)NCc1cc2cc(Br)cc(Cl)c2o1.Cl.ClCCl.NCc1cc2cc(-c3ccc(C(=O)N4CCOCC4)cc3)cc(Cl)c2o1.O=C(/C=C/c1cccnc1)NCc1cc2cc(-c3ccc(C(=O)N4CCOCC4)cc3)cc(Cl)c2o1.O=C(O)/C=C/c1cccnc1.O=C(c1ccc(B(O)O)cc1)N1CCOCC1. The number of benzene rings is 8. The Kier molecular flexibility index (Phi) is 48.9. The van der Waals surface area contributed by atoms with Crippen LogP contribution >= 0.6 is 97.9 Å². The maximum atomic E-state index is 12.7. The molecule has 4 aliphatic heterocycles. The van der Waals surface area contributed by atoms with Gasteiger partial charge in [0.1, 0.15) is 34.2 Å². The van der Waals surface area contributed by atoms with Crippen LogP contribution in [0.15, 0.2) is 253 Å². The Morgan fingerprint density at radius 1 is 0.413 bits per heavy atom. The summed E-state index contributed by atoms with van der Waals surface area (Å²) in [5.41, 5.74) is 17.1. The molecule has 14 aromatic rings. The molecule has 0 aliphatic carbocycles. The fourth-order valence-electron chi connectivity index (χ4n) is 15.0. The molecule has 0 radical (unpaired) electrons. The van der Waals surface area contributed by atoms with E-state index in [2.05, 4.69) is 41.8 Å². The molecule has 0 saturated carbocycles. The number of nitrogens with one attached hydrogen (secondary N) is 3. The van der Waals surface area contributed by atoms with Crippen LogP contribution < -0.4 is 27.1 Å². The lowest BCUT2D eigenvalue weighted by Crippen LogP contribution is -2.40. The summed E-state index contributed by atoms with van der Waals surface area (Å²) < 4.78 is 55.3. The van der Waals surface area contributed by atoms with Crippen LogP contribution in [0.5, 0.6) is 0 Å². The van der Waals surface area contributed by atoms with E-state index in [0.29, 0.717) is 205 Å². The van der Waals surface area contributed by atoms with Crippen LogP contribution in [0.25, 0.3) is 89.4 Å². The number of furan rings is 4. The predicted molar refractivity (Wildman–Crippen MR) is 596 cm³/mol. The Balaban J connectivity index is 0.000000224. The molecule has 8 N–H and O–H groups in total. The highest BCUT2D eigenvalue weighted by molar-refractivity contribution is 9.10. The van der Waals surface area contributed by atoms with Crippen LogP contribution in [0.1, 0.15) is 139 Å². The number of alkyl halides is 2. The molecule has 4 fully saturated rings. The van der Waals surface area contributed by atoms with Gasteiger partial charge in [0.05, 0.1) is 104 Å². The summed E-state index contributed by atoms with van der Waals surface area (Å²) in [7, 11) is -1.50. The van der Waals surface area contributed by atoms with Crippen molar-refractivity contribution in [3.05, 3.63) is 312 Å². The van der Waals surface area contributed by atoms with E-state index in [1.165, 1.54) is 12.2 Å². The van der Waals surface area contributed by atoms with E-state index in [4.69, 9.17) is 137 Å². The summed E-state index contributed by atoms with van der Waals surface area (Å²) >= 11 is 38.3. The molecule has 150 heavy (non-hydrogen) atoms. The van der Waals surface area contributed by atoms with E-state index >= 15 is 0 Å². The number of pyridine rings is 2. The molecule has 4 saturated heterocycles. The number of carbonyl (C=O) groups is 8. The van der Waals surface area contributed by atoms with Crippen molar-refractivity contribution in [3.63, 3.8) is 0 Å². The molecule has 0 atom stereocenters. The molecule has 0 spiro atoms. The van der Waals surface area contributed by atoms with Gasteiger partial charge in [-0.05, 0) is 237 Å². The second-order valence-corrected chi connectivity index (χ2v) is 38.3. The number of ether oxygens (including phenoxy) is 6. The van der Waals surface area contributed by atoms with Crippen LogP contribution in [0.3, 0.4) is 0 Å². The number of rotatable bonds is 19. The van der Waals surface area contributed by atoms with Crippen molar-refractivity contribution in [1.82, 2.24) is 45.5 Å². The van der Waals surface area contributed by atoms with Crippen LogP contribution in [0.2, 0.25) is 20.1 Å². The van der Waals surface area contributed by atoms with E-state index in [1.54, 1.807) is 104 Å². The van der Waals surface area contributed by atoms with Crippen molar-refractivity contribution in [2.24, 2.45) is 5.73 Å². The minimum atomic E-state index is -1.50. The highest BCUT2D eigenvalue weighted by atomic mass is 79.9. The van der Waals surface area contributed by atoms with Crippen molar-refractivity contribution < 1.29 is 99.6 Å². The smallest absolute Gasteiger partial charge is 0.478 e. The summed E-state index contributed by atoms with van der Waals surface area (Å²) in [4.78, 5) is 111. The first-order valence-electron chi connectivity index (χ1n) is 46.3. The molecular weight excluding hydrogens is 2140 g/mol. The van der Waals surface area contributed by atoms with E-state index in [0.717, 1.165) is 76.6 Å². The van der Waals surface area contributed by atoms with Crippen LogP contribution in [0.4, 0.5) is 9.59 Å². The first kappa shape index (κ1) is 123. The monoisotopic (exact) mass is 2250 g/mol. The summed E-state index contributed by atoms with van der Waals surface area (Å²) in [5, 5.41) is 40.0. The summed E-state index contributed by atoms with van der Waals surface area (Å²) in [6, 6.07) is 58.7. The largest absolute Gasteiger partial charge is 0.488 e. The molecule has 6 aromatic heterocycles. The highest BCUT2D eigenvalue weighted by Crippen LogP contribution is 2.38. The standard InChI is InChI=1S/C28H24ClN3O4.C25H27ClN2O5.C20H19ClN2O3.C14H15BrClNO3.C11H14BNO4.C8H7NO2.CH2Cl2.3CH4.ClH/c29-25-16-22(20-4-6-21(7-5-20)28(34)32-10-12-35-13-11-32)14-23-15-24(36-27(23)25)18-31-26(33)8-3-19-2-1-9-30-17-19;1-25(2,3)33-24(30)27-15-20-13-19-12-18(14-21(26)22(19)32-20)16-4-6-17(7-5-16)23(29)28-8-10-31-11-9-28;21-18-11-15(9-16-10-17(12-22)26-19(16)18)13-1-3-14(4-2-13)20(24)23-5-7-25-8-6-23;1-14(2,3)20-13(18)17-7-10-5-8-4-9(15)6-11(16)12(8)19-10;14-11(13-5-7-17-8-6-13)9-1-3-10(4-2-9)12(15)16;10-8(11)4-3-7-2-1-5-9-6-7;2-1-3;;;;/h1-9,14-17H,10-13,18H2,(H,31,33);4-7,12-14H,8-11,15H2,1-3H3,(H,27,30);1-4,9-11H,5-8,12,22H2;4-6H,7H2,1-3H3,(H,17,18);1-4,15-16H,5-8H2;1-6H,(H,10,11);1H2;3*1H4;1H/b8-3+;;;;;4-3+;;;;;. The zero-order chi connectivity index (χ0) is 105. The number of nitrogens with two attached hydrogens (primary N) is 1. The third-order valence-corrected chi connectivity index (χ3v) is 23.5. The number of morpholine rings is 4. The van der Waals surface area contributed by atoms with Crippen LogP contribution in [0, 0.1) is 0 Å². The first-order valence-corrected chi connectivity index (χ1v) is 49.6. The Morgan fingerprint density at radius 3 is 0.993 bits per heavy atom. The number of alkyl carbamates (subject to hydrolysis) is 2. The highest BCUT2D eigenvalue weighted by Gasteiger charge is 2.27. The molecule has 7 amide bonds. The van der Waals surface area contributed by atoms with Crippen LogP contribution in [-0.4, -0.2) is 221 Å². The molecule has 0 bridgehead atoms. The average Bonchev–Trinajstić information content (AvgIpc) is 1.64. The summed E-state index contributed by atoms with van der Waals surface area (Å²) in [5.74, 6) is 1.30. The van der Waals surface area contributed by atoms with Gasteiger partial charge in [-0.3, -0.25) is 33.9 Å². The Morgan fingerprint density at radius 2 is 0.700 bits per heavy atom. The van der Waals surface area contributed by atoms with Gasteiger partial charge in [0.2, 0.25) is 5.91 Å². The van der Waals surface area contributed by atoms with E-state index in [-0.39, 0.29) is 89.2 Å². The Labute approximate surface area is 915 Å². The molecule has 10 heterocycles. The van der Waals surface area contributed by atoms with Crippen molar-refractivity contribution >= 4 is 214 Å². The molecule has 31 nitrogen and oxygen atoms in total. The second-order valence-electron chi connectivity index (χ2n) is 34.9. The Hall–Kier alpha value is -12.6. The van der Waals surface area contributed by atoms with E-state index in [9.17, 15) is 38.4 Å². The van der Waals surface area contributed by atoms with Gasteiger partial charge in [0, 0.05) is 138 Å². The number of halogens is 8. The minimum absolute atomic E-state index is 0. The normalized spacial score (nSPS) is 13.3. The second kappa shape index (κ2) is 59.8. The number of aromatic nitrogens is 2. The number of amides is 7. The van der Waals surface area contributed by atoms with Gasteiger partial charge in [-0.1, -0.05) is 145 Å². The predicted octanol–water partition coefficient (Wildman–Crippen LogP) is 22.5. The number of fused-ring (bicyclic) bond motifs is 4. The molecule has 8 aromatic carbocycles. The van der Waals surface area contributed by atoms with Gasteiger partial charge in [-0.15, -0.1) is 35.6 Å². The number of aliphatic carboxylic acids is 1. The summed E-state index contributed by atoms with van der Waals surface area (Å²) in [6.07, 6.45) is 11.3. The third-order valence-electron chi connectivity index (χ3n) is 22.0. The van der Waals surface area contributed by atoms with E-state index < -0.39 is 36.5 Å². The maximum Gasteiger partial charge on any atom is 0.488 e. The fourth-order valence-corrected chi connectivity index (χ4v) is 16.6. The number of carboxylic acid groups (broad SMARTS) is 1. The third kappa shape index (κ3) is 37.2. The molecular formula is C110H121BBrCl7N10O21. The fraction of sp³-hybridized carbons (Fsp3) is 0.291. The minimum Gasteiger partial charge on any atom is -0.478 e. The molecule has 4 aliphatic rings. The van der Waals surface area contributed by atoms with Crippen molar-refractivity contribution in [3.8, 4) is 33.4 Å². The Bertz CT molecular complexity index is 6850. The van der Waals surface area contributed by atoms with Crippen molar-refractivity contribution in [2.75, 3.05) is 111 Å².